The minimum atomic E-state index is 0.0619. The average Bonchev–Trinajstić information content (AvgIpc) is 3.30. The molecule has 0 bridgehead atoms. The molecule has 1 aromatic heterocycles. The molecular weight excluding hydrogens is 412 g/mol. The largest absolute Gasteiger partial charge is 0.493 e. The summed E-state index contributed by atoms with van der Waals surface area (Å²) < 4.78 is 11.4. The highest BCUT2D eigenvalue weighted by Gasteiger charge is 2.16. The lowest BCUT2D eigenvalue weighted by atomic mass is 10.1. The summed E-state index contributed by atoms with van der Waals surface area (Å²) in [6.07, 6.45) is 1.36. The number of carbonyl (C=O) groups excluding carboxylic acids is 2. The van der Waals surface area contributed by atoms with E-state index in [4.69, 9.17) is 9.47 Å². The van der Waals surface area contributed by atoms with Crippen LogP contribution in [0.4, 0.5) is 0 Å². The first-order valence-electron chi connectivity index (χ1n) is 10.9. The van der Waals surface area contributed by atoms with Gasteiger partial charge in [0.05, 0.1) is 7.11 Å². The van der Waals surface area contributed by atoms with Crippen molar-refractivity contribution in [3.05, 3.63) is 46.2 Å². The lowest BCUT2D eigenvalue weighted by Gasteiger charge is -2.22. The highest BCUT2D eigenvalue weighted by atomic mass is 32.1. The number of hydrogen-bond acceptors (Lipinski definition) is 5. The Balaban J connectivity index is 1.91. The quantitative estimate of drug-likeness (QED) is 0.447. The number of thiophene rings is 1. The van der Waals surface area contributed by atoms with E-state index >= 15 is 0 Å². The van der Waals surface area contributed by atoms with Crippen molar-refractivity contribution in [2.24, 2.45) is 0 Å². The number of benzene rings is 1. The molecule has 0 unspecified atom stereocenters. The highest BCUT2D eigenvalue weighted by Crippen LogP contribution is 2.30. The van der Waals surface area contributed by atoms with E-state index in [1.807, 2.05) is 61.4 Å². The second-order valence-corrected chi connectivity index (χ2v) is 8.21. The highest BCUT2D eigenvalue weighted by molar-refractivity contribution is 7.09. The monoisotopic (exact) mass is 446 g/mol. The lowest BCUT2D eigenvalue weighted by molar-refractivity contribution is -0.132. The third-order valence-corrected chi connectivity index (χ3v) is 6.03. The minimum Gasteiger partial charge on any atom is -0.493 e. The molecule has 0 aliphatic carbocycles. The zero-order chi connectivity index (χ0) is 22.6. The zero-order valence-corrected chi connectivity index (χ0v) is 19.9. The van der Waals surface area contributed by atoms with Gasteiger partial charge in [-0.05, 0) is 56.3 Å². The second kappa shape index (κ2) is 13.0. The molecule has 0 aliphatic rings. The zero-order valence-electron chi connectivity index (χ0n) is 19.1. The molecule has 7 heteroatoms. The number of ether oxygens (including phenoxy) is 2. The Morgan fingerprint density at radius 1 is 0.935 bits per heavy atom. The maximum absolute atomic E-state index is 12.7. The summed E-state index contributed by atoms with van der Waals surface area (Å²) in [5.74, 6) is 1.52. The second-order valence-electron chi connectivity index (χ2n) is 7.18. The van der Waals surface area contributed by atoms with Gasteiger partial charge in [-0.25, -0.2) is 0 Å². The Bertz CT molecular complexity index is 819. The van der Waals surface area contributed by atoms with Crippen molar-refractivity contribution in [2.45, 2.75) is 53.2 Å². The summed E-state index contributed by atoms with van der Waals surface area (Å²) in [6, 6.07) is 9.81. The van der Waals surface area contributed by atoms with Gasteiger partial charge in [0.2, 0.25) is 11.8 Å². The van der Waals surface area contributed by atoms with E-state index in [9.17, 15) is 9.59 Å². The van der Waals surface area contributed by atoms with Crippen molar-refractivity contribution >= 4 is 23.2 Å². The van der Waals surface area contributed by atoms with Crippen LogP contribution in [0.2, 0.25) is 0 Å². The standard InChI is InChI=1S/C24H34N2O4S/c1-5-25(6-2)23(27)11-8-12-24(28)26(7-3)17-19-13-14-21(22(16-19)29-4)30-18-20-10-9-15-31-20/h9-10,13-16H,5-8,11-12,17-18H2,1-4H3. The predicted molar refractivity (Wildman–Crippen MR) is 125 cm³/mol. The summed E-state index contributed by atoms with van der Waals surface area (Å²) in [5.41, 5.74) is 0.981. The van der Waals surface area contributed by atoms with Gasteiger partial charge in [-0.3, -0.25) is 9.59 Å². The van der Waals surface area contributed by atoms with Crippen LogP contribution in [0.15, 0.2) is 35.7 Å². The Morgan fingerprint density at radius 2 is 1.61 bits per heavy atom. The molecule has 1 aromatic carbocycles. The number of nitrogens with zero attached hydrogens (tertiary/aromatic N) is 2. The molecule has 0 atom stereocenters. The SMILES string of the molecule is CCN(CC)C(=O)CCCC(=O)N(CC)Cc1ccc(OCc2cccs2)c(OC)c1. The molecule has 6 nitrogen and oxygen atoms in total. The van der Waals surface area contributed by atoms with Crippen molar-refractivity contribution in [3.8, 4) is 11.5 Å². The van der Waals surface area contributed by atoms with Crippen LogP contribution in [-0.4, -0.2) is 48.4 Å². The first-order valence-corrected chi connectivity index (χ1v) is 11.8. The normalized spacial score (nSPS) is 10.6. The first-order chi connectivity index (χ1) is 15.0. The molecule has 0 aliphatic heterocycles. The smallest absolute Gasteiger partial charge is 0.222 e. The predicted octanol–water partition coefficient (Wildman–Crippen LogP) is 4.72. The molecule has 0 fully saturated rings. The third kappa shape index (κ3) is 7.58. The van der Waals surface area contributed by atoms with Gasteiger partial charge in [0, 0.05) is 43.9 Å². The van der Waals surface area contributed by atoms with E-state index in [0.29, 0.717) is 63.5 Å². The lowest BCUT2D eigenvalue weighted by Crippen LogP contribution is -2.32. The summed E-state index contributed by atoms with van der Waals surface area (Å²) in [5, 5.41) is 2.02. The fourth-order valence-electron chi connectivity index (χ4n) is 3.35. The summed E-state index contributed by atoms with van der Waals surface area (Å²) in [4.78, 5) is 29.6. The molecule has 2 rings (SSSR count). The van der Waals surface area contributed by atoms with Crippen molar-refractivity contribution in [3.63, 3.8) is 0 Å². The molecule has 170 valence electrons. The van der Waals surface area contributed by atoms with Crippen LogP contribution in [-0.2, 0) is 22.7 Å². The van der Waals surface area contributed by atoms with Crippen LogP contribution in [0.5, 0.6) is 11.5 Å². The minimum absolute atomic E-state index is 0.0619. The molecule has 0 N–H and O–H groups in total. The van der Waals surface area contributed by atoms with Gasteiger partial charge in [-0.15, -0.1) is 11.3 Å². The Morgan fingerprint density at radius 3 is 2.19 bits per heavy atom. The van der Waals surface area contributed by atoms with E-state index in [-0.39, 0.29) is 11.8 Å². The Hall–Kier alpha value is -2.54. The number of methoxy groups -OCH3 is 1. The van der Waals surface area contributed by atoms with Crippen molar-refractivity contribution in [1.82, 2.24) is 9.80 Å². The number of amides is 2. The number of rotatable bonds is 13. The van der Waals surface area contributed by atoms with E-state index in [0.717, 1.165) is 10.4 Å². The molecule has 31 heavy (non-hydrogen) atoms. The Kier molecular flexibility index (Phi) is 10.4. The van der Waals surface area contributed by atoms with Crippen LogP contribution >= 0.6 is 11.3 Å². The summed E-state index contributed by atoms with van der Waals surface area (Å²) >= 11 is 1.65. The van der Waals surface area contributed by atoms with Crippen molar-refractivity contribution < 1.29 is 19.1 Å². The van der Waals surface area contributed by atoms with E-state index in [1.165, 1.54) is 0 Å². The van der Waals surface area contributed by atoms with Crippen LogP contribution in [0.1, 0.15) is 50.5 Å². The van der Waals surface area contributed by atoms with Gasteiger partial charge >= 0.3 is 0 Å². The van der Waals surface area contributed by atoms with E-state index in [2.05, 4.69) is 0 Å². The van der Waals surface area contributed by atoms with Gasteiger partial charge in [0.1, 0.15) is 6.61 Å². The van der Waals surface area contributed by atoms with Crippen molar-refractivity contribution in [2.75, 3.05) is 26.7 Å². The van der Waals surface area contributed by atoms with Crippen molar-refractivity contribution in [1.29, 1.82) is 0 Å². The van der Waals surface area contributed by atoms with Crippen LogP contribution in [0, 0.1) is 0 Å². The van der Waals surface area contributed by atoms with Gasteiger partial charge < -0.3 is 19.3 Å². The third-order valence-electron chi connectivity index (χ3n) is 5.18. The first kappa shape index (κ1) is 24.7. The summed E-state index contributed by atoms with van der Waals surface area (Å²) in [7, 11) is 1.62. The van der Waals surface area contributed by atoms with Gasteiger partial charge in [0.15, 0.2) is 11.5 Å². The molecule has 0 saturated heterocycles. The van der Waals surface area contributed by atoms with Crippen LogP contribution in [0.3, 0.4) is 0 Å². The molecular formula is C24H34N2O4S. The van der Waals surface area contributed by atoms with E-state index < -0.39 is 0 Å². The van der Waals surface area contributed by atoms with Crippen LogP contribution in [0.25, 0.3) is 0 Å². The average molecular weight is 447 g/mol. The van der Waals surface area contributed by atoms with Gasteiger partial charge in [0.25, 0.3) is 0 Å². The Labute approximate surface area is 189 Å². The van der Waals surface area contributed by atoms with Gasteiger partial charge in [-0.1, -0.05) is 12.1 Å². The molecule has 0 saturated carbocycles. The maximum atomic E-state index is 12.7. The molecule has 0 radical (unpaired) electrons. The maximum Gasteiger partial charge on any atom is 0.222 e. The van der Waals surface area contributed by atoms with Gasteiger partial charge in [-0.2, -0.15) is 0 Å². The fraction of sp³-hybridized carbons (Fsp3) is 0.500. The number of hydrogen-bond donors (Lipinski definition) is 0. The summed E-state index contributed by atoms with van der Waals surface area (Å²) in [6.45, 7) is 8.94. The topological polar surface area (TPSA) is 59.1 Å². The molecule has 1 heterocycles. The molecule has 2 amide bonds. The fourth-order valence-corrected chi connectivity index (χ4v) is 3.97. The van der Waals surface area contributed by atoms with E-state index in [1.54, 1.807) is 23.3 Å². The number of carbonyl (C=O) groups is 2. The molecule has 0 spiro atoms. The van der Waals surface area contributed by atoms with Crippen LogP contribution < -0.4 is 9.47 Å². The molecule has 2 aromatic rings.